The Morgan fingerprint density at radius 3 is 2.74 bits per heavy atom. The molecule has 1 saturated heterocycles. The van der Waals surface area contributed by atoms with Crippen LogP contribution in [0.5, 0.6) is 11.5 Å². The Labute approximate surface area is 223 Å². The van der Waals surface area contributed by atoms with Crippen molar-refractivity contribution in [2.75, 3.05) is 26.5 Å². The van der Waals surface area contributed by atoms with E-state index in [1.807, 2.05) is 12.1 Å². The topological polar surface area (TPSA) is 107 Å². The van der Waals surface area contributed by atoms with Crippen molar-refractivity contribution in [3.63, 3.8) is 0 Å². The van der Waals surface area contributed by atoms with Crippen molar-refractivity contribution in [1.29, 1.82) is 0 Å². The predicted molar refractivity (Wildman–Crippen MR) is 140 cm³/mol. The number of benzene rings is 2. The third kappa shape index (κ3) is 4.57. The van der Waals surface area contributed by atoms with Gasteiger partial charge in [-0.15, -0.1) is 5.10 Å². The Balaban J connectivity index is 1.29. The number of nitrogens with one attached hydrogen (secondary N) is 1. The number of tetrazole rings is 1. The molecular formula is C28H27FN6O4. The first-order valence-electron chi connectivity index (χ1n) is 13.2. The molecule has 0 saturated carbocycles. The largest absolute Gasteiger partial charge is 0.454 e. The lowest BCUT2D eigenvalue weighted by Gasteiger charge is -2.33. The van der Waals surface area contributed by atoms with Crippen LogP contribution in [-0.2, 0) is 11.3 Å². The van der Waals surface area contributed by atoms with Crippen molar-refractivity contribution in [1.82, 2.24) is 30.1 Å². The van der Waals surface area contributed by atoms with Crippen LogP contribution in [0.3, 0.4) is 0 Å². The molecule has 0 amide bonds. The standard InChI is InChI=1S/C28H27FN6O4/c29-20-5-3-17(4-6-20)18-7-9-34(10-8-18)26(27-31-32-33-35(27)15-21-2-1-11-37-21)22-12-19-13-24-25(39-16-38-24)14-23(19)30-28(22)36/h3-7,12-14,21,26H,1-2,8-11,15-16H2,(H,30,36). The molecule has 5 heterocycles. The molecule has 3 aliphatic rings. The summed E-state index contributed by atoms with van der Waals surface area (Å²) in [6.45, 7) is 2.64. The van der Waals surface area contributed by atoms with E-state index in [-0.39, 0.29) is 24.3 Å². The molecule has 0 bridgehead atoms. The number of aromatic nitrogens is 5. The molecule has 7 rings (SSSR count). The zero-order valence-corrected chi connectivity index (χ0v) is 21.2. The van der Waals surface area contributed by atoms with Gasteiger partial charge in [0.25, 0.3) is 5.56 Å². The van der Waals surface area contributed by atoms with Gasteiger partial charge in [0.1, 0.15) is 11.9 Å². The summed E-state index contributed by atoms with van der Waals surface area (Å²) in [5.74, 6) is 1.59. The fourth-order valence-electron chi connectivity index (χ4n) is 5.68. The lowest BCUT2D eigenvalue weighted by Crippen LogP contribution is -2.38. The Morgan fingerprint density at radius 1 is 1.13 bits per heavy atom. The Kier molecular flexibility index (Phi) is 6.09. The summed E-state index contributed by atoms with van der Waals surface area (Å²) < 4.78 is 32.1. The highest BCUT2D eigenvalue weighted by Crippen LogP contribution is 2.37. The maximum absolute atomic E-state index is 13.6. The van der Waals surface area contributed by atoms with Crippen molar-refractivity contribution in [3.05, 3.63) is 81.7 Å². The summed E-state index contributed by atoms with van der Waals surface area (Å²) in [6, 6.07) is 11.6. The van der Waals surface area contributed by atoms with Gasteiger partial charge in [-0.25, -0.2) is 9.07 Å². The van der Waals surface area contributed by atoms with Crippen molar-refractivity contribution < 1.29 is 18.6 Å². The second kappa shape index (κ2) is 9.90. The number of H-pyrrole nitrogens is 1. The fourth-order valence-corrected chi connectivity index (χ4v) is 5.68. The number of hydrogen-bond donors (Lipinski definition) is 1. The van der Waals surface area contributed by atoms with Gasteiger partial charge in [0.2, 0.25) is 6.79 Å². The highest BCUT2D eigenvalue weighted by molar-refractivity contribution is 5.83. The number of ether oxygens (including phenoxy) is 3. The molecule has 200 valence electrons. The summed E-state index contributed by atoms with van der Waals surface area (Å²) in [5.41, 5.74) is 3.14. The molecular weight excluding hydrogens is 503 g/mol. The Morgan fingerprint density at radius 2 is 1.97 bits per heavy atom. The SMILES string of the molecule is O=c1[nH]c2cc3c(cc2cc1C(c1nnnn1CC1CCCO1)N1CC=C(c2ccc(F)cc2)CC1)OCO3. The quantitative estimate of drug-likeness (QED) is 0.404. The first kappa shape index (κ1) is 24.0. The van der Waals surface area contributed by atoms with Gasteiger partial charge in [0.15, 0.2) is 17.3 Å². The monoisotopic (exact) mass is 530 g/mol. The summed E-state index contributed by atoms with van der Waals surface area (Å²) >= 11 is 0. The molecule has 2 atom stereocenters. The molecule has 0 spiro atoms. The van der Waals surface area contributed by atoms with Crippen LogP contribution in [0, 0.1) is 5.82 Å². The summed E-state index contributed by atoms with van der Waals surface area (Å²) in [7, 11) is 0. The molecule has 1 N–H and O–H groups in total. The van der Waals surface area contributed by atoms with Crippen LogP contribution in [0.15, 0.2) is 53.3 Å². The van der Waals surface area contributed by atoms with Crippen LogP contribution in [-0.4, -0.2) is 62.7 Å². The van der Waals surface area contributed by atoms with Gasteiger partial charge in [0.05, 0.1) is 18.2 Å². The molecule has 0 radical (unpaired) electrons. The maximum atomic E-state index is 13.6. The smallest absolute Gasteiger partial charge is 0.253 e. The predicted octanol–water partition coefficient (Wildman–Crippen LogP) is 3.44. The van der Waals surface area contributed by atoms with E-state index in [0.29, 0.717) is 48.0 Å². The first-order valence-corrected chi connectivity index (χ1v) is 13.2. The van der Waals surface area contributed by atoms with Gasteiger partial charge in [-0.2, -0.15) is 0 Å². The zero-order chi connectivity index (χ0) is 26.3. The van der Waals surface area contributed by atoms with E-state index >= 15 is 0 Å². The van der Waals surface area contributed by atoms with Crippen LogP contribution in [0.1, 0.15) is 42.3 Å². The summed E-state index contributed by atoms with van der Waals surface area (Å²) in [6.07, 6.45) is 4.86. The number of rotatable bonds is 6. The van der Waals surface area contributed by atoms with Gasteiger partial charge in [-0.3, -0.25) is 9.69 Å². The van der Waals surface area contributed by atoms with Crippen LogP contribution < -0.4 is 15.0 Å². The van der Waals surface area contributed by atoms with E-state index in [2.05, 4.69) is 31.5 Å². The summed E-state index contributed by atoms with van der Waals surface area (Å²) in [4.78, 5) is 18.8. The van der Waals surface area contributed by atoms with Crippen molar-refractivity contribution in [3.8, 4) is 11.5 Å². The third-order valence-corrected chi connectivity index (χ3v) is 7.69. The molecule has 1 fully saturated rings. The Bertz CT molecular complexity index is 1610. The molecule has 3 aliphatic heterocycles. The van der Waals surface area contributed by atoms with Crippen molar-refractivity contribution in [2.24, 2.45) is 0 Å². The van der Waals surface area contributed by atoms with Gasteiger partial charge >= 0.3 is 0 Å². The molecule has 2 unspecified atom stereocenters. The van der Waals surface area contributed by atoms with Crippen LogP contribution in [0.2, 0.25) is 0 Å². The van der Waals surface area contributed by atoms with Gasteiger partial charge in [-0.1, -0.05) is 18.2 Å². The third-order valence-electron chi connectivity index (χ3n) is 7.69. The first-order chi connectivity index (χ1) is 19.1. The fraction of sp³-hybridized carbons (Fsp3) is 0.357. The molecule has 39 heavy (non-hydrogen) atoms. The van der Waals surface area contributed by atoms with E-state index in [1.54, 1.807) is 22.9 Å². The van der Waals surface area contributed by atoms with E-state index < -0.39 is 6.04 Å². The number of fused-ring (bicyclic) bond motifs is 2. The van der Waals surface area contributed by atoms with Crippen LogP contribution >= 0.6 is 0 Å². The van der Waals surface area contributed by atoms with E-state index in [9.17, 15) is 9.18 Å². The Hall–Kier alpha value is -4.09. The minimum atomic E-state index is -0.494. The van der Waals surface area contributed by atoms with Gasteiger partial charge < -0.3 is 19.2 Å². The minimum absolute atomic E-state index is 0.0360. The highest BCUT2D eigenvalue weighted by atomic mass is 19.1. The normalized spacial score (nSPS) is 19.9. The van der Waals surface area contributed by atoms with Crippen molar-refractivity contribution >= 4 is 16.5 Å². The van der Waals surface area contributed by atoms with Crippen LogP contribution in [0.25, 0.3) is 16.5 Å². The lowest BCUT2D eigenvalue weighted by atomic mass is 9.96. The number of hydrogen-bond acceptors (Lipinski definition) is 8. The number of nitrogens with zero attached hydrogens (tertiary/aromatic N) is 5. The summed E-state index contributed by atoms with van der Waals surface area (Å²) in [5, 5.41) is 13.5. The second-order valence-corrected chi connectivity index (χ2v) is 10.1. The molecule has 10 nitrogen and oxygen atoms in total. The molecule has 4 aromatic rings. The minimum Gasteiger partial charge on any atom is -0.454 e. The van der Waals surface area contributed by atoms with E-state index in [1.165, 1.54) is 12.1 Å². The average molecular weight is 531 g/mol. The number of aromatic amines is 1. The second-order valence-electron chi connectivity index (χ2n) is 10.1. The molecule has 2 aromatic carbocycles. The number of halogens is 1. The van der Waals surface area contributed by atoms with E-state index in [0.717, 1.165) is 42.4 Å². The average Bonchev–Trinajstić information content (AvgIpc) is 3.72. The maximum Gasteiger partial charge on any atom is 0.253 e. The molecule has 11 heteroatoms. The van der Waals surface area contributed by atoms with E-state index in [4.69, 9.17) is 14.2 Å². The van der Waals surface area contributed by atoms with Gasteiger partial charge in [0, 0.05) is 36.7 Å². The number of pyridine rings is 1. The molecule has 2 aromatic heterocycles. The lowest BCUT2D eigenvalue weighted by molar-refractivity contribution is 0.0910. The van der Waals surface area contributed by atoms with Gasteiger partial charge in [-0.05, 0) is 65.1 Å². The molecule has 0 aliphatic carbocycles. The van der Waals surface area contributed by atoms with Crippen molar-refractivity contribution in [2.45, 2.75) is 38.0 Å². The van der Waals surface area contributed by atoms with Crippen LogP contribution in [0.4, 0.5) is 4.39 Å². The highest BCUT2D eigenvalue weighted by Gasteiger charge is 2.33. The zero-order valence-electron chi connectivity index (χ0n) is 21.2.